The number of rotatable bonds is 3. The second kappa shape index (κ2) is 5.67. The van der Waals surface area contributed by atoms with E-state index >= 15 is 0 Å². The van der Waals surface area contributed by atoms with Crippen LogP contribution in [0.1, 0.15) is 50.6 Å². The molecule has 1 aromatic carbocycles. The number of fused-ring (bicyclic) bond motifs is 3. The maximum Gasteiger partial charge on any atom is 0.129 e. The van der Waals surface area contributed by atoms with Gasteiger partial charge in [-0.2, -0.15) is 0 Å². The van der Waals surface area contributed by atoms with Crippen LogP contribution in [0.15, 0.2) is 30.7 Å². The zero-order valence-electron chi connectivity index (χ0n) is 13.8. The lowest BCUT2D eigenvalue weighted by atomic mass is 9.69. The zero-order valence-corrected chi connectivity index (χ0v) is 13.8. The molecule has 2 N–H and O–H groups in total. The van der Waals surface area contributed by atoms with Gasteiger partial charge in [0, 0.05) is 11.1 Å². The largest absolute Gasteiger partial charge is 0.393 e. The van der Waals surface area contributed by atoms with E-state index in [1.54, 1.807) is 18.6 Å². The molecule has 4 nitrogen and oxygen atoms in total. The van der Waals surface area contributed by atoms with Gasteiger partial charge >= 0.3 is 0 Å². The minimum atomic E-state index is -0.546. The Bertz CT molecular complexity index is 750. The number of hydrogen-bond acceptors (Lipinski definition) is 3. The number of benzene rings is 1. The highest BCUT2D eigenvalue weighted by Crippen LogP contribution is 2.47. The molecule has 128 valence electrons. The summed E-state index contributed by atoms with van der Waals surface area (Å²) in [6.07, 6.45) is 6.17. The molecule has 5 heteroatoms. The molecular weight excluding hydrogens is 307 g/mol. The molecule has 1 aliphatic heterocycles. The molecule has 24 heavy (non-hydrogen) atoms. The Morgan fingerprint density at radius 1 is 1.38 bits per heavy atom. The molecule has 1 aromatic heterocycles. The van der Waals surface area contributed by atoms with E-state index in [-0.39, 0.29) is 23.4 Å². The molecule has 1 aliphatic carbocycles. The van der Waals surface area contributed by atoms with Gasteiger partial charge in [-0.15, -0.1) is 0 Å². The van der Waals surface area contributed by atoms with Crippen LogP contribution in [0, 0.1) is 11.2 Å². The van der Waals surface area contributed by atoms with Gasteiger partial charge in [-0.25, -0.2) is 9.37 Å². The average Bonchev–Trinajstić information content (AvgIpc) is 3.14. The van der Waals surface area contributed by atoms with Crippen molar-refractivity contribution in [3.63, 3.8) is 0 Å². The van der Waals surface area contributed by atoms with Crippen LogP contribution in [0.3, 0.4) is 0 Å². The quantitative estimate of drug-likeness (QED) is 0.908. The summed E-state index contributed by atoms with van der Waals surface area (Å²) in [5.41, 5.74) is 2.21. The molecule has 2 aromatic rings. The van der Waals surface area contributed by atoms with Gasteiger partial charge in [0.2, 0.25) is 0 Å². The zero-order chi connectivity index (χ0) is 16.9. The first-order valence-electron chi connectivity index (χ1n) is 8.66. The van der Waals surface area contributed by atoms with E-state index in [1.807, 2.05) is 10.6 Å². The number of aliphatic hydroxyl groups is 2. The fraction of sp³-hybridized carbons (Fsp3) is 0.526. The summed E-state index contributed by atoms with van der Waals surface area (Å²) in [7, 11) is 0. The van der Waals surface area contributed by atoms with Crippen molar-refractivity contribution in [1.29, 1.82) is 0 Å². The topological polar surface area (TPSA) is 58.3 Å². The smallest absolute Gasteiger partial charge is 0.129 e. The number of aromatic nitrogens is 2. The number of imidazole rings is 1. The normalized spacial score (nSPS) is 30.0. The van der Waals surface area contributed by atoms with E-state index < -0.39 is 6.10 Å². The molecule has 1 saturated carbocycles. The lowest BCUT2D eigenvalue weighted by Crippen LogP contribution is -2.38. The standard InChI is InChI=1S/C19H23FN2O2/c1-19(7-5-12(23)6-8-19)17(24)9-15-18-13(3-2-4-14(18)20)16-10-21-11-22(15)16/h2-4,10-12,15,17,23-24H,5-9H2,1H3/t12?,15-,17+,19?/m0/s1. The monoisotopic (exact) mass is 330 g/mol. The molecule has 2 atom stereocenters. The van der Waals surface area contributed by atoms with Crippen molar-refractivity contribution in [3.05, 3.63) is 42.1 Å². The molecule has 0 spiro atoms. The molecule has 0 radical (unpaired) electrons. The first-order chi connectivity index (χ1) is 11.5. The van der Waals surface area contributed by atoms with Gasteiger partial charge in [0.25, 0.3) is 0 Å². The molecule has 1 fully saturated rings. The Kier molecular flexibility index (Phi) is 3.73. The summed E-state index contributed by atoms with van der Waals surface area (Å²) in [6.45, 7) is 2.08. The summed E-state index contributed by atoms with van der Waals surface area (Å²) < 4.78 is 16.4. The van der Waals surface area contributed by atoms with Crippen molar-refractivity contribution in [3.8, 4) is 11.3 Å². The van der Waals surface area contributed by atoms with Crippen LogP contribution in [-0.2, 0) is 0 Å². The molecule has 2 heterocycles. The van der Waals surface area contributed by atoms with E-state index in [4.69, 9.17) is 0 Å². The molecule has 2 aliphatic rings. The predicted octanol–water partition coefficient (Wildman–Crippen LogP) is 3.28. The van der Waals surface area contributed by atoms with Crippen LogP contribution >= 0.6 is 0 Å². The van der Waals surface area contributed by atoms with Crippen LogP contribution in [0.25, 0.3) is 11.3 Å². The van der Waals surface area contributed by atoms with Gasteiger partial charge in [-0.1, -0.05) is 19.1 Å². The molecule has 0 unspecified atom stereocenters. The van der Waals surface area contributed by atoms with Gasteiger partial charge in [0.15, 0.2) is 0 Å². The molecular formula is C19H23FN2O2. The molecule has 0 bridgehead atoms. The summed E-state index contributed by atoms with van der Waals surface area (Å²) in [6, 6.07) is 4.89. The lowest BCUT2D eigenvalue weighted by Gasteiger charge is -2.40. The second-order valence-electron chi connectivity index (χ2n) is 7.54. The summed E-state index contributed by atoms with van der Waals surface area (Å²) in [5.74, 6) is -0.224. The highest BCUT2D eigenvalue weighted by molar-refractivity contribution is 5.69. The summed E-state index contributed by atoms with van der Waals surface area (Å²) in [5, 5.41) is 20.7. The number of aliphatic hydroxyl groups excluding tert-OH is 2. The highest BCUT2D eigenvalue weighted by Gasteiger charge is 2.40. The molecule has 4 rings (SSSR count). The lowest BCUT2D eigenvalue weighted by molar-refractivity contribution is -0.0290. The predicted molar refractivity (Wildman–Crippen MR) is 89.0 cm³/mol. The van der Waals surface area contributed by atoms with Crippen molar-refractivity contribution >= 4 is 0 Å². The number of halogens is 1. The van der Waals surface area contributed by atoms with E-state index in [9.17, 15) is 14.6 Å². The van der Waals surface area contributed by atoms with Gasteiger partial charge in [-0.3, -0.25) is 0 Å². The molecule has 0 saturated heterocycles. The van der Waals surface area contributed by atoms with Gasteiger partial charge < -0.3 is 14.8 Å². The fourth-order valence-electron chi connectivity index (χ4n) is 4.32. The Labute approximate surface area is 141 Å². The van der Waals surface area contributed by atoms with E-state index in [0.29, 0.717) is 12.0 Å². The van der Waals surface area contributed by atoms with Crippen molar-refractivity contribution in [2.24, 2.45) is 5.41 Å². The Balaban J connectivity index is 1.64. The maximum atomic E-state index is 14.5. The van der Waals surface area contributed by atoms with Gasteiger partial charge in [-0.05, 0) is 43.6 Å². The Hall–Kier alpha value is -1.72. The van der Waals surface area contributed by atoms with E-state index in [1.165, 1.54) is 6.07 Å². The van der Waals surface area contributed by atoms with Crippen LogP contribution in [0.5, 0.6) is 0 Å². The third kappa shape index (κ3) is 2.38. The first kappa shape index (κ1) is 15.8. The Morgan fingerprint density at radius 3 is 2.88 bits per heavy atom. The number of nitrogens with zero attached hydrogens (tertiary/aromatic N) is 2. The van der Waals surface area contributed by atoms with Crippen LogP contribution in [0.2, 0.25) is 0 Å². The summed E-state index contributed by atoms with van der Waals surface area (Å²) >= 11 is 0. The Morgan fingerprint density at radius 2 is 2.12 bits per heavy atom. The number of hydrogen-bond donors (Lipinski definition) is 2. The van der Waals surface area contributed by atoms with E-state index in [0.717, 1.165) is 36.9 Å². The van der Waals surface area contributed by atoms with Crippen LogP contribution in [0.4, 0.5) is 4.39 Å². The second-order valence-corrected chi connectivity index (χ2v) is 7.54. The van der Waals surface area contributed by atoms with Crippen molar-refractivity contribution in [2.75, 3.05) is 0 Å². The van der Waals surface area contributed by atoms with Crippen molar-refractivity contribution < 1.29 is 14.6 Å². The van der Waals surface area contributed by atoms with Crippen molar-refractivity contribution in [2.45, 2.75) is 57.3 Å². The van der Waals surface area contributed by atoms with Crippen LogP contribution < -0.4 is 0 Å². The van der Waals surface area contributed by atoms with Gasteiger partial charge in [0.1, 0.15) is 5.82 Å². The van der Waals surface area contributed by atoms with Crippen LogP contribution in [-0.4, -0.2) is 32.0 Å². The average molecular weight is 330 g/mol. The highest BCUT2D eigenvalue weighted by atomic mass is 19.1. The third-order valence-electron chi connectivity index (χ3n) is 6.01. The third-order valence-corrected chi connectivity index (χ3v) is 6.01. The fourth-order valence-corrected chi connectivity index (χ4v) is 4.32. The minimum Gasteiger partial charge on any atom is -0.393 e. The SMILES string of the molecule is CC1([C@H](O)C[C@H]2c3c(F)cccc3-c3cncn32)CCC(O)CC1. The summed E-state index contributed by atoms with van der Waals surface area (Å²) in [4.78, 5) is 4.20. The minimum absolute atomic E-state index is 0.224. The molecule has 0 amide bonds. The van der Waals surface area contributed by atoms with Gasteiger partial charge in [0.05, 0.1) is 36.5 Å². The first-order valence-corrected chi connectivity index (χ1v) is 8.66. The maximum absolute atomic E-state index is 14.5. The van der Waals surface area contributed by atoms with E-state index in [2.05, 4.69) is 11.9 Å². The van der Waals surface area contributed by atoms with Crippen molar-refractivity contribution in [1.82, 2.24) is 9.55 Å².